The van der Waals surface area contributed by atoms with E-state index in [0.717, 1.165) is 32.3 Å². The number of ether oxygens (including phenoxy) is 1. The molecule has 0 spiro atoms. The Bertz CT molecular complexity index is 243. The molecule has 1 rings (SSSR count). The van der Waals surface area contributed by atoms with E-state index >= 15 is 0 Å². The fourth-order valence-electron chi connectivity index (χ4n) is 2.63. The van der Waals surface area contributed by atoms with Crippen LogP contribution in [0.5, 0.6) is 0 Å². The molecule has 0 saturated carbocycles. The van der Waals surface area contributed by atoms with E-state index in [2.05, 4.69) is 5.32 Å². The van der Waals surface area contributed by atoms with Crippen molar-refractivity contribution in [2.45, 2.75) is 70.5 Å². The molecule has 4 nitrogen and oxygen atoms in total. The van der Waals surface area contributed by atoms with Gasteiger partial charge in [-0.15, -0.1) is 0 Å². The molecule has 1 amide bonds. The fourth-order valence-corrected chi connectivity index (χ4v) is 2.63. The molecule has 1 heterocycles. The van der Waals surface area contributed by atoms with Crippen LogP contribution in [0.15, 0.2) is 0 Å². The van der Waals surface area contributed by atoms with Gasteiger partial charge in [0.25, 0.3) is 0 Å². The third-order valence-corrected chi connectivity index (χ3v) is 3.47. The quantitative estimate of drug-likeness (QED) is 0.699. The highest BCUT2D eigenvalue weighted by Gasteiger charge is 2.28. The standard InChI is InChI=1S/C14H27NO3/c1-3-7-14(17,8-4-2)10-13(16)15-11-12-6-5-9-18-12/h12,17H,3-11H2,1-2H3,(H,15,16). The fraction of sp³-hybridized carbons (Fsp3) is 0.929. The third-order valence-electron chi connectivity index (χ3n) is 3.47. The molecule has 0 aliphatic carbocycles. The van der Waals surface area contributed by atoms with Gasteiger partial charge in [0.2, 0.25) is 5.91 Å². The second-order valence-corrected chi connectivity index (χ2v) is 5.34. The van der Waals surface area contributed by atoms with E-state index in [1.165, 1.54) is 0 Å². The van der Waals surface area contributed by atoms with Crippen molar-refractivity contribution in [3.8, 4) is 0 Å². The summed E-state index contributed by atoms with van der Waals surface area (Å²) in [4.78, 5) is 11.8. The van der Waals surface area contributed by atoms with E-state index in [9.17, 15) is 9.90 Å². The van der Waals surface area contributed by atoms with Crippen molar-refractivity contribution in [1.82, 2.24) is 5.32 Å². The molecular weight excluding hydrogens is 230 g/mol. The van der Waals surface area contributed by atoms with Crippen LogP contribution in [0, 0.1) is 0 Å². The smallest absolute Gasteiger partial charge is 0.222 e. The Balaban J connectivity index is 2.30. The van der Waals surface area contributed by atoms with Gasteiger partial charge in [0.1, 0.15) is 0 Å². The first-order valence-electron chi connectivity index (χ1n) is 7.20. The molecular formula is C14H27NO3. The van der Waals surface area contributed by atoms with E-state index in [4.69, 9.17) is 4.74 Å². The minimum atomic E-state index is -0.829. The lowest BCUT2D eigenvalue weighted by molar-refractivity contribution is -0.127. The summed E-state index contributed by atoms with van der Waals surface area (Å²) in [6, 6.07) is 0. The molecule has 0 aromatic carbocycles. The van der Waals surface area contributed by atoms with Crippen LogP contribution in [0.4, 0.5) is 0 Å². The maximum atomic E-state index is 11.8. The number of amides is 1. The van der Waals surface area contributed by atoms with E-state index < -0.39 is 5.60 Å². The van der Waals surface area contributed by atoms with Gasteiger partial charge in [-0.05, 0) is 25.7 Å². The molecule has 0 radical (unpaired) electrons. The van der Waals surface area contributed by atoms with E-state index in [0.29, 0.717) is 19.4 Å². The van der Waals surface area contributed by atoms with Crippen molar-refractivity contribution in [3.05, 3.63) is 0 Å². The molecule has 2 N–H and O–H groups in total. The average Bonchev–Trinajstić information content (AvgIpc) is 2.79. The lowest BCUT2D eigenvalue weighted by Crippen LogP contribution is -2.39. The number of carbonyl (C=O) groups excluding carboxylic acids is 1. The normalized spacial score (nSPS) is 20.1. The predicted molar refractivity (Wildman–Crippen MR) is 71.4 cm³/mol. The number of carbonyl (C=O) groups is 1. The topological polar surface area (TPSA) is 58.6 Å². The summed E-state index contributed by atoms with van der Waals surface area (Å²) >= 11 is 0. The monoisotopic (exact) mass is 257 g/mol. The summed E-state index contributed by atoms with van der Waals surface area (Å²) in [6.07, 6.45) is 5.65. The van der Waals surface area contributed by atoms with Gasteiger partial charge in [0.15, 0.2) is 0 Å². The van der Waals surface area contributed by atoms with Gasteiger partial charge in [-0.1, -0.05) is 26.7 Å². The number of nitrogens with one attached hydrogen (secondary N) is 1. The van der Waals surface area contributed by atoms with E-state index in [-0.39, 0.29) is 18.4 Å². The Morgan fingerprint density at radius 3 is 2.56 bits per heavy atom. The summed E-state index contributed by atoms with van der Waals surface area (Å²) in [7, 11) is 0. The van der Waals surface area contributed by atoms with Gasteiger partial charge in [0, 0.05) is 13.2 Å². The van der Waals surface area contributed by atoms with Crippen LogP contribution in [0.1, 0.15) is 58.8 Å². The summed E-state index contributed by atoms with van der Waals surface area (Å²) in [6.45, 7) is 5.44. The lowest BCUT2D eigenvalue weighted by Gasteiger charge is -2.27. The van der Waals surface area contributed by atoms with Crippen molar-refractivity contribution in [1.29, 1.82) is 0 Å². The van der Waals surface area contributed by atoms with E-state index in [1.807, 2.05) is 13.8 Å². The largest absolute Gasteiger partial charge is 0.389 e. The summed E-state index contributed by atoms with van der Waals surface area (Å²) in [5, 5.41) is 13.3. The highest BCUT2D eigenvalue weighted by molar-refractivity contribution is 5.77. The molecule has 1 aliphatic heterocycles. The molecule has 1 fully saturated rings. The maximum absolute atomic E-state index is 11.8. The van der Waals surface area contributed by atoms with Crippen LogP contribution >= 0.6 is 0 Å². The number of rotatable bonds is 8. The zero-order valence-electron chi connectivity index (χ0n) is 11.7. The second kappa shape index (κ2) is 7.74. The first kappa shape index (κ1) is 15.4. The molecule has 1 unspecified atom stereocenters. The molecule has 4 heteroatoms. The van der Waals surface area contributed by atoms with E-state index in [1.54, 1.807) is 0 Å². The molecule has 0 bridgehead atoms. The number of hydrogen-bond acceptors (Lipinski definition) is 3. The Hall–Kier alpha value is -0.610. The van der Waals surface area contributed by atoms with Crippen LogP contribution in [-0.2, 0) is 9.53 Å². The van der Waals surface area contributed by atoms with Crippen molar-refractivity contribution >= 4 is 5.91 Å². The lowest BCUT2D eigenvalue weighted by atomic mass is 9.89. The van der Waals surface area contributed by atoms with Gasteiger partial charge < -0.3 is 15.2 Å². The predicted octanol–water partition coefficient (Wildman–Crippen LogP) is 2.00. The van der Waals surface area contributed by atoms with Crippen LogP contribution in [-0.4, -0.2) is 35.9 Å². The van der Waals surface area contributed by atoms with Crippen LogP contribution < -0.4 is 5.32 Å². The van der Waals surface area contributed by atoms with Crippen molar-refractivity contribution in [2.75, 3.05) is 13.2 Å². The van der Waals surface area contributed by atoms with Gasteiger partial charge in [0.05, 0.1) is 18.1 Å². The van der Waals surface area contributed by atoms with Gasteiger partial charge >= 0.3 is 0 Å². The van der Waals surface area contributed by atoms with Crippen LogP contribution in [0.25, 0.3) is 0 Å². The first-order valence-corrected chi connectivity index (χ1v) is 7.20. The van der Waals surface area contributed by atoms with Gasteiger partial charge in [-0.2, -0.15) is 0 Å². The minimum Gasteiger partial charge on any atom is -0.389 e. The Morgan fingerprint density at radius 2 is 2.06 bits per heavy atom. The van der Waals surface area contributed by atoms with Gasteiger partial charge in [-0.25, -0.2) is 0 Å². The van der Waals surface area contributed by atoms with Crippen LogP contribution in [0.3, 0.4) is 0 Å². The first-order chi connectivity index (χ1) is 8.59. The molecule has 1 saturated heterocycles. The Labute approximate surface area is 110 Å². The van der Waals surface area contributed by atoms with Crippen molar-refractivity contribution < 1.29 is 14.6 Å². The average molecular weight is 257 g/mol. The number of aliphatic hydroxyl groups is 1. The number of hydrogen-bond donors (Lipinski definition) is 2. The Kier molecular flexibility index (Phi) is 6.65. The molecule has 106 valence electrons. The molecule has 0 aromatic rings. The highest BCUT2D eigenvalue weighted by Crippen LogP contribution is 2.23. The van der Waals surface area contributed by atoms with Crippen LogP contribution in [0.2, 0.25) is 0 Å². The van der Waals surface area contributed by atoms with Crippen molar-refractivity contribution in [3.63, 3.8) is 0 Å². The zero-order chi connectivity index (χ0) is 13.4. The highest BCUT2D eigenvalue weighted by atomic mass is 16.5. The molecule has 1 aliphatic rings. The van der Waals surface area contributed by atoms with Gasteiger partial charge in [-0.3, -0.25) is 4.79 Å². The zero-order valence-corrected chi connectivity index (χ0v) is 11.7. The maximum Gasteiger partial charge on any atom is 0.222 e. The SMILES string of the molecule is CCCC(O)(CCC)CC(=O)NCC1CCCO1. The minimum absolute atomic E-state index is 0.0603. The second-order valence-electron chi connectivity index (χ2n) is 5.34. The summed E-state index contributed by atoms with van der Waals surface area (Å²) < 4.78 is 5.45. The molecule has 0 aromatic heterocycles. The Morgan fingerprint density at radius 1 is 1.39 bits per heavy atom. The van der Waals surface area contributed by atoms with Crippen molar-refractivity contribution in [2.24, 2.45) is 0 Å². The third kappa shape index (κ3) is 5.36. The summed E-state index contributed by atoms with van der Waals surface area (Å²) in [5.41, 5.74) is -0.829. The summed E-state index contributed by atoms with van der Waals surface area (Å²) in [5.74, 6) is -0.0603. The molecule has 18 heavy (non-hydrogen) atoms. The molecule has 1 atom stereocenters.